The molecule has 1 heterocycles. The van der Waals surface area contributed by atoms with Crippen LogP contribution < -0.4 is 10.6 Å². The normalized spacial score (nSPS) is 13.2. The van der Waals surface area contributed by atoms with Gasteiger partial charge in [0.15, 0.2) is 0 Å². The molecule has 1 aliphatic heterocycles. The Balaban J connectivity index is 1.57. The molecule has 0 atom stereocenters. The minimum atomic E-state index is -0.939. The van der Waals surface area contributed by atoms with E-state index in [9.17, 15) is 14.4 Å². The van der Waals surface area contributed by atoms with Gasteiger partial charge in [-0.25, -0.2) is 4.79 Å². The van der Waals surface area contributed by atoms with Gasteiger partial charge in [0, 0.05) is 30.9 Å². The molecule has 1 saturated heterocycles. The number of likely N-dealkylation sites (tertiary alicyclic amines) is 1. The van der Waals surface area contributed by atoms with E-state index in [0.29, 0.717) is 23.4 Å². The lowest BCUT2D eigenvalue weighted by atomic mass is 10.1. The predicted octanol–water partition coefficient (Wildman–Crippen LogP) is 2.87. The van der Waals surface area contributed by atoms with E-state index in [2.05, 4.69) is 10.6 Å². The number of carboxylic acid groups (broad SMARTS) is 1. The molecule has 0 unspecified atom stereocenters. The van der Waals surface area contributed by atoms with Gasteiger partial charge >= 0.3 is 12.0 Å². The van der Waals surface area contributed by atoms with Gasteiger partial charge in [-0.15, -0.1) is 0 Å². The van der Waals surface area contributed by atoms with Crippen LogP contribution in [-0.4, -0.2) is 41.0 Å². The molecule has 2 aromatic carbocycles. The smallest absolute Gasteiger partial charge is 0.321 e. The number of amides is 3. The van der Waals surface area contributed by atoms with Crippen LogP contribution in [0.5, 0.6) is 0 Å². The Labute approximate surface area is 163 Å². The van der Waals surface area contributed by atoms with E-state index in [1.807, 2.05) is 24.3 Å². The van der Waals surface area contributed by atoms with Crippen molar-refractivity contribution >= 4 is 23.6 Å². The van der Waals surface area contributed by atoms with Crippen LogP contribution in [0.2, 0.25) is 0 Å². The molecule has 3 amide bonds. The van der Waals surface area contributed by atoms with E-state index in [4.69, 9.17) is 5.11 Å². The molecule has 146 valence electrons. The standard InChI is InChI=1S/C21H23N3O4/c25-19(26)13-15-5-3-7-17(11-15)20(27)22-14-16-6-4-8-18(12-16)23-21(28)24-9-1-2-10-24/h3-8,11-12H,1-2,9-10,13-14H2,(H,22,27)(H,23,28)(H,25,26). The zero-order valence-corrected chi connectivity index (χ0v) is 15.5. The van der Waals surface area contributed by atoms with Gasteiger partial charge < -0.3 is 20.6 Å². The van der Waals surface area contributed by atoms with Crippen molar-refractivity contribution in [2.45, 2.75) is 25.8 Å². The molecule has 1 aliphatic rings. The Morgan fingerprint density at radius 1 is 0.964 bits per heavy atom. The van der Waals surface area contributed by atoms with Crippen molar-refractivity contribution in [3.05, 3.63) is 65.2 Å². The third kappa shape index (κ3) is 5.33. The minimum Gasteiger partial charge on any atom is -0.481 e. The summed E-state index contributed by atoms with van der Waals surface area (Å²) in [6, 6.07) is 13.8. The number of nitrogens with zero attached hydrogens (tertiary/aromatic N) is 1. The highest BCUT2D eigenvalue weighted by atomic mass is 16.4. The second-order valence-corrected chi connectivity index (χ2v) is 6.78. The number of hydrogen-bond acceptors (Lipinski definition) is 3. The first kappa shape index (κ1) is 19.4. The van der Waals surface area contributed by atoms with Crippen LogP contribution in [0.15, 0.2) is 48.5 Å². The molecular formula is C21H23N3O4. The fourth-order valence-corrected chi connectivity index (χ4v) is 3.16. The van der Waals surface area contributed by atoms with Crippen LogP contribution in [0.3, 0.4) is 0 Å². The lowest BCUT2D eigenvalue weighted by Gasteiger charge is -2.16. The van der Waals surface area contributed by atoms with Gasteiger partial charge in [-0.1, -0.05) is 24.3 Å². The lowest BCUT2D eigenvalue weighted by Crippen LogP contribution is -2.32. The van der Waals surface area contributed by atoms with Crippen molar-refractivity contribution in [2.75, 3.05) is 18.4 Å². The van der Waals surface area contributed by atoms with Crippen molar-refractivity contribution in [2.24, 2.45) is 0 Å². The summed E-state index contributed by atoms with van der Waals surface area (Å²) in [5.41, 5.74) is 2.53. The molecule has 0 bridgehead atoms. The highest BCUT2D eigenvalue weighted by molar-refractivity contribution is 5.94. The number of hydrogen-bond donors (Lipinski definition) is 3. The van der Waals surface area contributed by atoms with Gasteiger partial charge in [0.25, 0.3) is 5.91 Å². The van der Waals surface area contributed by atoms with Crippen molar-refractivity contribution in [1.82, 2.24) is 10.2 Å². The molecule has 1 fully saturated rings. The van der Waals surface area contributed by atoms with E-state index in [1.54, 1.807) is 29.2 Å². The number of benzene rings is 2. The summed E-state index contributed by atoms with van der Waals surface area (Å²) >= 11 is 0. The van der Waals surface area contributed by atoms with Crippen LogP contribution in [0.4, 0.5) is 10.5 Å². The van der Waals surface area contributed by atoms with Gasteiger partial charge in [-0.2, -0.15) is 0 Å². The highest BCUT2D eigenvalue weighted by Gasteiger charge is 2.17. The summed E-state index contributed by atoms with van der Waals surface area (Å²) in [4.78, 5) is 37.2. The van der Waals surface area contributed by atoms with E-state index in [-0.39, 0.29) is 18.4 Å². The molecule has 28 heavy (non-hydrogen) atoms. The third-order valence-electron chi connectivity index (χ3n) is 4.57. The second kappa shape index (κ2) is 9.03. The van der Waals surface area contributed by atoms with Crippen LogP contribution in [0.25, 0.3) is 0 Å². The average molecular weight is 381 g/mol. The number of carbonyl (C=O) groups excluding carboxylic acids is 2. The molecule has 7 heteroatoms. The summed E-state index contributed by atoms with van der Waals surface area (Å²) in [5.74, 6) is -1.22. The van der Waals surface area contributed by atoms with Gasteiger partial charge in [-0.3, -0.25) is 9.59 Å². The topological polar surface area (TPSA) is 98.7 Å². The average Bonchev–Trinajstić information content (AvgIpc) is 3.21. The fourth-order valence-electron chi connectivity index (χ4n) is 3.16. The Morgan fingerprint density at radius 3 is 2.43 bits per heavy atom. The van der Waals surface area contributed by atoms with E-state index >= 15 is 0 Å². The molecule has 2 aromatic rings. The fraction of sp³-hybridized carbons (Fsp3) is 0.286. The number of carboxylic acids is 1. The quantitative estimate of drug-likeness (QED) is 0.716. The first-order valence-corrected chi connectivity index (χ1v) is 9.25. The number of urea groups is 1. The van der Waals surface area contributed by atoms with Crippen molar-refractivity contribution in [1.29, 1.82) is 0 Å². The predicted molar refractivity (Wildman–Crippen MR) is 105 cm³/mol. The van der Waals surface area contributed by atoms with Crippen LogP contribution in [-0.2, 0) is 17.8 Å². The van der Waals surface area contributed by atoms with Crippen molar-refractivity contribution in [3.8, 4) is 0 Å². The van der Waals surface area contributed by atoms with Gasteiger partial charge in [-0.05, 0) is 48.2 Å². The molecule has 0 saturated carbocycles. The van der Waals surface area contributed by atoms with E-state index < -0.39 is 5.97 Å². The Hall–Kier alpha value is -3.35. The van der Waals surface area contributed by atoms with E-state index in [0.717, 1.165) is 31.5 Å². The van der Waals surface area contributed by atoms with Crippen LogP contribution >= 0.6 is 0 Å². The number of rotatable bonds is 6. The number of carbonyl (C=O) groups is 3. The molecule has 0 aliphatic carbocycles. The maximum atomic E-state index is 12.4. The molecule has 0 spiro atoms. The van der Waals surface area contributed by atoms with Crippen molar-refractivity contribution in [3.63, 3.8) is 0 Å². The Bertz CT molecular complexity index is 875. The summed E-state index contributed by atoms with van der Waals surface area (Å²) in [6.45, 7) is 1.86. The summed E-state index contributed by atoms with van der Waals surface area (Å²) in [6.07, 6.45) is 1.94. The van der Waals surface area contributed by atoms with Crippen molar-refractivity contribution < 1.29 is 19.5 Å². The largest absolute Gasteiger partial charge is 0.481 e. The molecule has 3 N–H and O–H groups in total. The Kier molecular flexibility index (Phi) is 6.26. The number of anilines is 1. The summed E-state index contributed by atoms with van der Waals surface area (Å²) < 4.78 is 0. The highest BCUT2D eigenvalue weighted by Crippen LogP contribution is 2.14. The maximum absolute atomic E-state index is 12.4. The first-order chi connectivity index (χ1) is 13.5. The number of aliphatic carboxylic acids is 1. The zero-order valence-electron chi connectivity index (χ0n) is 15.5. The van der Waals surface area contributed by atoms with Gasteiger partial charge in [0.05, 0.1) is 6.42 Å². The molecule has 3 rings (SSSR count). The molecule has 7 nitrogen and oxygen atoms in total. The summed E-state index contributed by atoms with van der Waals surface area (Å²) in [5, 5.41) is 14.6. The summed E-state index contributed by atoms with van der Waals surface area (Å²) in [7, 11) is 0. The third-order valence-corrected chi connectivity index (χ3v) is 4.57. The lowest BCUT2D eigenvalue weighted by molar-refractivity contribution is -0.136. The van der Waals surface area contributed by atoms with Crippen LogP contribution in [0.1, 0.15) is 34.3 Å². The monoisotopic (exact) mass is 381 g/mol. The first-order valence-electron chi connectivity index (χ1n) is 9.25. The van der Waals surface area contributed by atoms with Gasteiger partial charge in [0.2, 0.25) is 0 Å². The zero-order chi connectivity index (χ0) is 19.9. The minimum absolute atomic E-state index is 0.103. The molecule has 0 radical (unpaired) electrons. The van der Waals surface area contributed by atoms with E-state index in [1.165, 1.54) is 0 Å². The number of nitrogens with one attached hydrogen (secondary N) is 2. The maximum Gasteiger partial charge on any atom is 0.321 e. The molecular weight excluding hydrogens is 358 g/mol. The Morgan fingerprint density at radius 2 is 1.68 bits per heavy atom. The van der Waals surface area contributed by atoms with Gasteiger partial charge in [0.1, 0.15) is 0 Å². The molecule has 0 aromatic heterocycles. The van der Waals surface area contributed by atoms with Crippen LogP contribution in [0, 0.1) is 0 Å². The SMILES string of the molecule is O=C(O)Cc1cccc(C(=O)NCc2cccc(NC(=O)N3CCCC3)c2)c1. The second-order valence-electron chi connectivity index (χ2n) is 6.78.